The van der Waals surface area contributed by atoms with Gasteiger partial charge in [0.25, 0.3) is 0 Å². The van der Waals surface area contributed by atoms with E-state index < -0.39 is 22.9 Å². The molecule has 0 saturated carbocycles. The number of hydrogen-bond acceptors (Lipinski definition) is 1. The number of halogens is 7. The van der Waals surface area contributed by atoms with Crippen LogP contribution < -0.4 is 0 Å². The lowest BCUT2D eigenvalue weighted by Crippen LogP contribution is -2.10. The lowest BCUT2D eigenvalue weighted by molar-refractivity contribution is -0.140. The van der Waals surface area contributed by atoms with E-state index in [0.717, 1.165) is 17.4 Å². The van der Waals surface area contributed by atoms with Gasteiger partial charge in [0.1, 0.15) is 10.2 Å². The summed E-state index contributed by atoms with van der Waals surface area (Å²) in [5.74, 6) is -1.36. The smallest absolute Gasteiger partial charge is 0.206 e. The van der Waals surface area contributed by atoms with Crippen molar-refractivity contribution in [2.24, 2.45) is 0 Å². The molecule has 1 aromatic heterocycles. The first-order valence-corrected chi connectivity index (χ1v) is 7.58. The summed E-state index contributed by atoms with van der Waals surface area (Å²) in [5.41, 5.74) is -1.56. The van der Waals surface area contributed by atoms with Crippen LogP contribution in [0.15, 0.2) is 28.7 Å². The first kappa shape index (κ1) is 16.1. The standard InChI is InChI=1S/C12H5BrCl2F4S/c13-7-4-8(20-11(7)15)9(14)5-2-1-3-6(10(5)16)12(17,18)19/h1-4,9H. The largest absolute Gasteiger partial charge is 0.419 e. The van der Waals surface area contributed by atoms with Gasteiger partial charge in [0.15, 0.2) is 0 Å². The number of hydrogen-bond donors (Lipinski definition) is 0. The molecule has 0 fully saturated rings. The van der Waals surface area contributed by atoms with E-state index in [0.29, 0.717) is 19.8 Å². The molecule has 0 nitrogen and oxygen atoms in total. The molecular formula is C12H5BrCl2F4S. The zero-order chi connectivity index (χ0) is 15.1. The van der Waals surface area contributed by atoms with Crippen LogP contribution in [0.3, 0.4) is 0 Å². The highest BCUT2D eigenvalue weighted by atomic mass is 79.9. The SMILES string of the molecule is Fc1c(C(Cl)c2cc(Br)c(Cl)s2)cccc1C(F)(F)F. The van der Waals surface area contributed by atoms with Crippen molar-refractivity contribution in [1.82, 2.24) is 0 Å². The molecule has 20 heavy (non-hydrogen) atoms. The van der Waals surface area contributed by atoms with Crippen molar-refractivity contribution in [2.45, 2.75) is 11.6 Å². The van der Waals surface area contributed by atoms with Crippen molar-refractivity contribution in [2.75, 3.05) is 0 Å². The molecule has 0 aliphatic heterocycles. The molecule has 0 amide bonds. The quantitative estimate of drug-likeness (QED) is 0.386. The fourth-order valence-corrected chi connectivity index (χ4v) is 3.70. The molecule has 1 atom stereocenters. The third-order valence-corrected chi connectivity index (χ3v) is 5.66. The van der Waals surface area contributed by atoms with Gasteiger partial charge in [-0.2, -0.15) is 13.2 Å². The minimum atomic E-state index is -4.76. The van der Waals surface area contributed by atoms with Crippen LogP contribution in [0.2, 0.25) is 4.34 Å². The van der Waals surface area contributed by atoms with Gasteiger partial charge in [-0.1, -0.05) is 23.7 Å². The van der Waals surface area contributed by atoms with E-state index in [1.165, 1.54) is 6.07 Å². The van der Waals surface area contributed by atoms with Gasteiger partial charge >= 0.3 is 6.18 Å². The van der Waals surface area contributed by atoms with Crippen LogP contribution in [0, 0.1) is 5.82 Å². The molecule has 0 N–H and O–H groups in total. The van der Waals surface area contributed by atoms with E-state index in [9.17, 15) is 17.6 Å². The fourth-order valence-electron chi connectivity index (χ4n) is 1.61. The monoisotopic (exact) mass is 406 g/mol. The van der Waals surface area contributed by atoms with Crippen LogP contribution in [0.25, 0.3) is 0 Å². The second-order valence-corrected chi connectivity index (χ2v) is 6.82. The van der Waals surface area contributed by atoms with Crippen LogP contribution >= 0.6 is 50.5 Å². The maximum Gasteiger partial charge on any atom is 0.419 e. The van der Waals surface area contributed by atoms with Crippen molar-refractivity contribution >= 4 is 50.5 Å². The molecule has 1 unspecified atom stereocenters. The summed E-state index contributed by atoms with van der Waals surface area (Å²) in [7, 11) is 0. The normalized spacial score (nSPS) is 13.6. The van der Waals surface area contributed by atoms with Crippen LogP contribution in [0.1, 0.15) is 21.4 Å². The molecule has 0 spiro atoms. The molecule has 0 radical (unpaired) electrons. The number of benzene rings is 1. The Bertz CT molecular complexity index is 619. The van der Waals surface area contributed by atoms with Gasteiger partial charge < -0.3 is 0 Å². The molecule has 0 saturated heterocycles. The number of thiophene rings is 1. The predicted molar refractivity (Wildman–Crippen MR) is 76.1 cm³/mol. The van der Waals surface area contributed by atoms with Crippen LogP contribution in [0.4, 0.5) is 17.6 Å². The third-order valence-electron chi connectivity index (χ3n) is 2.52. The van der Waals surface area contributed by atoms with E-state index in [4.69, 9.17) is 23.2 Å². The van der Waals surface area contributed by atoms with E-state index in [1.54, 1.807) is 6.07 Å². The Labute approximate surface area is 134 Å². The second kappa shape index (κ2) is 5.83. The summed E-state index contributed by atoms with van der Waals surface area (Å²) in [6, 6.07) is 4.59. The highest BCUT2D eigenvalue weighted by Gasteiger charge is 2.35. The van der Waals surface area contributed by atoms with Crippen molar-refractivity contribution in [3.05, 3.63) is 54.9 Å². The molecule has 0 bridgehead atoms. The summed E-state index contributed by atoms with van der Waals surface area (Å²) >= 11 is 16.2. The van der Waals surface area contributed by atoms with Crippen LogP contribution in [-0.4, -0.2) is 0 Å². The van der Waals surface area contributed by atoms with Crippen molar-refractivity contribution in [3.63, 3.8) is 0 Å². The summed E-state index contributed by atoms with van der Waals surface area (Å²) in [6.45, 7) is 0. The van der Waals surface area contributed by atoms with E-state index in [2.05, 4.69) is 15.9 Å². The van der Waals surface area contributed by atoms with Gasteiger partial charge in [-0.3, -0.25) is 0 Å². The molecule has 0 aliphatic rings. The van der Waals surface area contributed by atoms with Gasteiger partial charge in [-0.05, 0) is 28.1 Å². The molecule has 8 heteroatoms. The van der Waals surface area contributed by atoms with E-state index in [1.807, 2.05) is 0 Å². The Morgan fingerprint density at radius 3 is 2.40 bits per heavy atom. The zero-order valence-corrected chi connectivity index (χ0v) is 13.4. The maximum absolute atomic E-state index is 14.0. The van der Waals surface area contributed by atoms with Gasteiger partial charge in [-0.25, -0.2) is 4.39 Å². The summed E-state index contributed by atoms with van der Waals surface area (Å²) in [4.78, 5) is 0.460. The maximum atomic E-state index is 14.0. The topological polar surface area (TPSA) is 0 Å². The highest BCUT2D eigenvalue weighted by Crippen LogP contribution is 2.42. The van der Waals surface area contributed by atoms with E-state index in [-0.39, 0.29) is 5.56 Å². The lowest BCUT2D eigenvalue weighted by Gasteiger charge is -2.14. The molecule has 1 aromatic carbocycles. The summed E-state index contributed by atoms with van der Waals surface area (Å²) < 4.78 is 52.9. The second-order valence-electron chi connectivity index (χ2n) is 3.84. The summed E-state index contributed by atoms with van der Waals surface area (Å²) in [6.07, 6.45) is -4.76. The molecule has 2 rings (SSSR count). The fraction of sp³-hybridized carbons (Fsp3) is 0.167. The Morgan fingerprint density at radius 2 is 1.90 bits per heavy atom. The van der Waals surface area contributed by atoms with Crippen molar-refractivity contribution in [1.29, 1.82) is 0 Å². The van der Waals surface area contributed by atoms with Crippen molar-refractivity contribution in [3.8, 4) is 0 Å². The molecule has 1 heterocycles. The van der Waals surface area contributed by atoms with Gasteiger partial charge in [0.05, 0.1) is 10.9 Å². The van der Waals surface area contributed by atoms with Crippen LogP contribution in [-0.2, 0) is 6.18 Å². The first-order chi connectivity index (χ1) is 9.21. The predicted octanol–water partition coefficient (Wildman–Crippen LogP) is 6.65. The molecule has 0 aliphatic carbocycles. The Balaban J connectivity index is 2.48. The van der Waals surface area contributed by atoms with Gasteiger partial charge in [0, 0.05) is 14.9 Å². The minimum absolute atomic E-state index is 0.230. The van der Waals surface area contributed by atoms with Crippen molar-refractivity contribution < 1.29 is 17.6 Å². The summed E-state index contributed by atoms with van der Waals surface area (Å²) in [5, 5.41) is -1.04. The molecule has 2 aromatic rings. The average molecular weight is 408 g/mol. The minimum Gasteiger partial charge on any atom is -0.206 e. The first-order valence-electron chi connectivity index (χ1n) is 5.16. The molecule has 108 valence electrons. The van der Waals surface area contributed by atoms with Crippen LogP contribution in [0.5, 0.6) is 0 Å². The Kier molecular flexibility index (Phi) is 4.69. The third kappa shape index (κ3) is 3.13. The number of rotatable bonds is 2. The van der Waals surface area contributed by atoms with Gasteiger partial charge in [-0.15, -0.1) is 22.9 Å². The zero-order valence-electron chi connectivity index (χ0n) is 9.44. The Hall–Kier alpha value is -0.300. The average Bonchev–Trinajstić information content (AvgIpc) is 2.67. The molecular weight excluding hydrogens is 403 g/mol. The van der Waals surface area contributed by atoms with E-state index >= 15 is 0 Å². The van der Waals surface area contributed by atoms with Gasteiger partial charge in [0.2, 0.25) is 0 Å². The lowest BCUT2D eigenvalue weighted by atomic mass is 10.1. The highest BCUT2D eigenvalue weighted by molar-refractivity contribution is 9.10. The Morgan fingerprint density at radius 1 is 1.25 bits per heavy atom. The number of alkyl halides is 4.